The number of piperidine rings is 1. The molecular weight excluding hydrogens is 412 g/mol. The van der Waals surface area contributed by atoms with Gasteiger partial charge in [0.15, 0.2) is 0 Å². The van der Waals surface area contributed by atoms with Crippen LogP contribution in [0.2, 0.25) is 0 Å². The highest BCUT2D eigenvalue weighted by atomic mass is 16.5. The zero-order valence-corrected chi connectivity index (χ0v) is 18.6. The average Bonchev–Trinajstić information content (AvgIpc) is 2.85. The third-order valence-electron chi connectivity index (χ3n) is 6.60. The Morgan fingerprint density at radius 1 is 0.909 bits per heavy atom. The smallest absolute Gasteiger partial charge is 0.257 e. The highest BCUT2D eigenvalue weighted by molar-refractivity contribution is 6.01. The summed E-state index contributed by atoms with van der Waals surface area (Å²) in [6.07, 6.45) is 4.07. The molecule has 2 aliphatic rings. The number of anilines is 1. The molecule has 3 aromatic carbocycles. The maximum atomic E-state index is 13.5. The standard InChI is InChI=1S/C28H28N2O3/c31-27(26(20-9-3-1-4-10-20)21-11-5-2-6-12-21)29-22-14-15-25-24(19-22)28(32)30-17-8-7-13-23(30)16-18-33-25/h1-6,9-12,14-15,19,23,26H,7-8,13,16-18H2,(H,29,31). The molecule has 2 heterocycles. The van der Waals surface area contributed by atoms with Gasteiger partial charge in [-0.2, -0.15) is 0 Å². The average molecular weight is 441 g/mol. The van der Waals surface area contributed by atoms with E-state index in [-0.39, 0.29) is 17.9 Å². The lowest BCUT2D eigenvalue weighted by molar-refractivity contribution is -0.116. The molecule has 2 amide bonds. The normalized spacial score (nSPS) is 17.9. The minimum Gasteiger partial charge on any atom is -0.493 e. The summed E-state index contributed by atoms with van der Waals surface area (Å²) in [6, 6.07) is 25.1. The molecule has 0 aromatic heterocycles. The van der Waals surface area contributed by atoms with Gasteiger partial charge in [0.1, 0.15) is 5.75 Å². The van der Waals surface area contributed by atoms with E-state index in [1.54, 1.807) is 12.1 Å². The van der Waals surface area contributed by atoms with E-state index in [1.165, 1.54) is 0 Å². The van der Waals surface area contributed by atoms with E-state index < -0.39 is 5.92 Å². The van der Waals surface area contributed by atoms with Gasteiger partial charge >= 0.3 is 0 Å². The lowest BCUT2D eigenvalue weighted by atomic mass is 9.90. The van der Waals surface area contributed by atoms with Crippen LogP contribution in [-0.4, -0.2) is 35.9 Å². The minimum absolute atomic E-state index is 0.00633. The van der Waals surface area contributed by atoms with Crippen LogP contribution in [0, 0.1) is 0 Å². The molecule has 1 saturated heterocycles. The fourth-order valence-electron chi connectivity index (χ4n) is 4.93. The van der Waals surface area contributed by atoms with E-state index in [2.05, 4.69) is 5.32 Å². The van der Waals surface area contributed by atoms with Crippen molar-refractivity contribution in [2.24, 2.45) is 0 Å². The second-order valence-electron chi connectivity index (χ2n) is 8.74. The minimum atomic E-state index is -0.451. The van der Waals surface area contributed by atoms with E-state index in [1.807, 2.05) is 71.6 Å². The Kier molecular flexibility index (Phi) is 6.11. The first-order valence-electron chi connectivity index (χ1n) is 11.7. The van der Waals surface area contributed by atoms with Gasteiger partial charge in [-0.15, -0.1) is 0 Å². The van der Waals surface area contributed by atoms with Crippen molar-refractivity contribution in [3.8, 4) is 5.75 Å². The van der Waals surface area contributed by atoms with Gasteiger partial charge < -0.3 is 15.0 Å². The van der Waals surface area contributed by atoms with Gasteiger partial charge in [-0.25, -0.2) is 0 Å². The topological polar surface area (TPSA) is 58.6 Å². The Hall–Kier alpha value is -3.60. The summed E-state index contributed by atoms with van der Waals surface area (Å²) < 4.78 is 5.93. The van der Waals surface area contributed by atoms with Gasteiger partial charge in [-0.3, -0.25) is 9.59 Å². The van der Waals surface area contributed by atoms with Gasteiger partial charge in [-0.05, 0) is 48.6 Å². The van der Waals surface area contributed by atoms with Crippen molar-refractivity contribution in [1.29, 1.82) is 0 Å². The van der Waals surface area contributed by atoms with Gasteiger partial charge in [-0.1, -0.05) is 60.7 Å². The number of nitrogens with zero attached hydrogens (tertiary/aromatic N) is 1. The Balaban J connectivity index is 1.44. The van der Waals surface area contributed by atoms with Crippen molar-refractivity contribution in [2.75, 3.05) is 18.5 Å². The lowest BCUT2D eigenvalue weighted by Crippen LogP contribution is -2.45. The molecule has 0 radical (unpaired) electrons. The summed E-state index contributed by atoms with van der Waals surface area (Å²) in [5.74, 6) is -0.00638. The monoisotopic (exact) mass is 440 g/mol. The molecule has 33 heavy (non-hydrogen) atoms. The molecule has 2 aliphatic heterocycles. The summed E-state index contributed by atoms with van der Waals surface area (Å²) in [6.45, 7) is 1.38. The molecule has 1 N–H and O–H groups in total. The first-order valence-corrected chi connectivity index (χ1v) is 11.7. The van der Waals surface area contributed by atoms with Gasteiger partial charge in [0, 0.05) is 24.7 Å². The summed E-state index contributed by atoms with van der Waals surface area (Å²) in [5.41, 5.74) is 2.96. The van der Waals surface area contributed by atoms with Crippen LogP contribution < -0.4 is 10.1 Å². The molecule has 5 nitrogen and oxygen atoms in total. The summed E-state index contributed by atoms with van der Waals surface area (Å²) in [7, 11) is 0. The van der Waals surface area contributed by atoms with Crippen molar-refractivity contribution < 1.29 is 14.3 Å². The highest BCUT2D eigenvalue weighted by Gasteiger charge is 2.31. The van der Waals surface area contributed by atoms with E-state index >= 15 is 0 Å². The van der Waals surface area contributed by atoms with Crippen LogP contribution in [0.15, 0.2) is 78.9 Å². The molecular formula is C28H28N2O3. The predicted molar refractivity (Wildman–Crippen MR) is 129 cm³/mol. The third kappa shape index (κ3) is 4.49. The lowest BCUT2D eigenvalue weighted by Gasteiger charge is -2.37. The van der Waals surface area contributed by atoms with Crippen molar-refractivity contribution in [3.05, 3.63) is 95.6 Å². The van der Waals surface area contributed by atoms with E-state index in [9.17, 15) is 9.59 Å². The maximum absolute atomic E-state index is 13.5. The molecule has 1 fully saturated rings. The second kappa shape index (κ2) is 9.49. The van der Waals surface area contributed by atoms with Gasteiger partial charge in [0.25, 0.3) is 5.91 Å². The Labute approximate surface area is 194 Å². The van der Waals surface area contributed by atoms with Crippen molar-refractivity contribution >= 4 is 17.5 Å². The highest BCUT2D eigenvalue weighted by Crippen LogP contribution is 2.32. The predicted octanol–water partition coefficient (Wildman–Crippen LogP) is 5.23. The van der Waals surface area contributed by atoms with Crippen LogP contribution in [0.3, 0.4) is 0 Å². The summed E-state index contributed by atoms with van der Waals surface area (Å²) in [4.78, 5) is 28.8. The Morgan fingerprint density at radius 3 is 2.30 bits per heavy atom. The molecule has 3 aromatic rings. The molecule has 0 spiro atoms. The number of carbonyl (C=O) groups excluding carboxylic acids is 2. The zero-order chi connectivity index (χ0) is 22.6. The Morgan fingerprint density at radius 2 is 1.61 bits per heavy atom. The molecule has 0 saturated carbocycles. The zero-order valence-electron chi connectivity index (χ0n) is 18.6. The molecule has 5 heteroatoms. The van der Waals surface area contributed by atoms with Gasteiger partial charge in [0.2, 0.25) is 5.91 Å². The van der Waals surface area contributed by atoms with Crippen LogP contribution in [0.4, 0.5) is 5.69 Å². The SMILES string of the molecule is O=C(Nc1ccc2c(c1)C(=O)N1CCCCC1CCO2)C(c1ccccc1)c1ccccc1. The number of amides is 2. The third-order valence-corrected chi connectivity index (χ3v) is 6.60. The summed E-state index contributed by atoms with van der Waals surface area (Å²) >= 11 is 0. The summed E-state index contributed by atoms with van der Waals surface area (Å²) in [5, 5.41) is 3.05. The first kappa shape index (κ1) is 21.3. The number of benzene rings is 3. The van der Waals surface area contributed by atoms with Crippen molar-refractivity contribution in [1.82, 2.24) is 4.90 Å². The van der Waals surface area contributed by atoms with E-state index in [0.29, 0.717) is 23.6 Å². The fraction of sp³-hybridized carbons (Fsp3) is 0.286. The fourth-order valence-corrected chi connectivity index (χ4v) is 4.93. The maximum Gasteiger partial charge on any atom is 0.257 e. The van der Waals surface area contributed by atoms with Crippen molar-refractivity contribution in [2.45, 2.75) is 37.6 Å². The van der Waals surface area contributed by atoms with Crippen molar-refractivity contribution in [3.63, 3.8) is 0 Å². The number of ether oxygens (including phenoxy) is 1. The number of hydrogen-bond acceptors (Lipinski definition) is 3. The van der Waals surface area contributed by atoms with Gasteiger partial charge in [0.05, 0.1) is 18.1 Å². The van der Waals surface area contributed by atoms with Crippen LogP contribution >= 0.6 is 0 Å². The molecule has 0 bridgehead atoms. The molecule has 0 aliphatic carbocycles. The molecule has 5 rings (SSSR count). The molecule has 168 valence electrons. The number of hydrogen-bond donors (Lipinski definition) is 1. The number of rotatable bonds is 4. The number of carbonyl (C=O) groups is 2. The first-order chi connectivity index (χ1) is 16.2. The van der Waals surface area contributed by atoms with E-state index in [0.717, 1.165) is 43.4 Å². The molecule has 1 atom stereocenters. The van der Waals surface area contributed by atoms with E-state index in [4.69, 9.17) is 4.74 Å². The van der Waals surface area contributed by atoms with Crippen LogP contribution in [0.1, 0.15) is 53.1 Å². The Bertz CT molecular complexity index is 1090. The second-order valence-corrected chi connectivity index (χ2v) is 8.74. The quantitative estimate of drug-likeness (QED) is 0.604. The largest absolute Gasteiger partial charge is 0.493 e. The van der Waals surface area contributed by atoms with Crippen LogP contribution in [0.5, 0.6) is 5.75 Å². The van der Waals surface area contributed by atoms with Crippen LogP contribution in [0.25, 0.3) is 0 Å². The van der Waals surface area contributed by atoms with Crippen LogP contribution in [-0.2, 0) is 4.79 Å². The molecule has 1 unspecified atom stereocenters. The number of fused-ring (bicyclic) bond motifs is 2. The number of nitrogens with one attached hydrogen (secondary N) is 1.